The van der Waals surface area contributed by atoms with Gasteiger partial charge in [-0.3, -0.25) is 24.0 Å². The predicted octanol–water partition coefficient (Wildman–Crippen LogP) is -3.13. The Kier molecular flexibility index (Phi) is 10.7. The molecule has 14 nitrogen and oxygen atoms in total. The highest BCUT2D eigenvalue weighted by Crippen LogP contribution is 2.20. The van der Waals surface area contributed by atoms with Crippen LogP contribution in [0.25, 0.3) is 0 Å². The van der Waals surface area contributed by atoms with Crippen LogP contribution in [0.4, 0.5) is 0 Å². The van der Waals surface area contributed by atoms with Crippen LogP contribution in [-0.2, 0) is 28.8 Å². The molecule has 0 saturated carbocycles. The molecule has 5 unspecified atom stereocenters. The number of nitrogens with one attached hydrogen (secondary N) is 2. The first-order valence-electron chi connectivity index (χ1n) is 10.4. The summed E-state index contributed by atoms with van der Waals surface area (Å²) in [5, 5.41) is 32.3. The molecule has 0 aromatic rings. The van der Waals surface area contributed by atoms with E-state index in [1.807, 2.05) is 0 Å². The van der Waals surface area contributed by atoms with E-state index >= 15 is 0 Å². The maximum Gasteiger partial charge on any atom is 0.328 e. The maximum absolute atomic E-state index is 13.1. The lowest BCUT2D eigenvalue weighted by Crippen LogP contribution is -2.58. The van der Waals surface area contributed by atoms with Gasteiger partial charge in [0.2, 0.25) is 23.6 Å². The summed E-state index contributed by atoms with van der Waals surface area (Å²) in [6.45, 7) is 1.31. The molecule has 1 rings (SSSR count). The Morgan fingerprint density at radius 1 is 1.06 bits per heavy atom. The largest absolute Gasteiger partial charge is 0.481 e. The number of aliphatic hydroxyl groups excluding tert-OH is 1. The fourth-order valence-corrected chi connectivity index (χ4v) is 3.37. The highest BCUT2D eigenvalue weighted by atomic mass is 16.4. The third kappa shape index (κ3) is 8.65. The van der Waals surface area contributed by atoms with Crippen LogP contribution < -0.4 is 22.1 Å². The molecular weight excluding hydrogens is 442 g/mol. The molecule has 1 aliphatic rings. The average molecular weight is 473 g/mol. The van der Waals surface area contributed by atoms with Crippen LogP contribution in [0.2, 0.25) is 0 Å². The number of carboxylic acid groups (broad SMARTS) is 2. The van der Waals surface area contributed by atoms with Gasteiger partial charge in [0.15, 0.2) is 6.04 Å². The number of nitrogens with two attached hydrogens (primary N) is 2. The Morgan fingerprint density at radius 3 is 2.21 bits per heavy atom. The zero-order chi connectivity index (χ0) is 25.3. The first-order valence-corrected chi connectivity index (χ1v) is 10.4. The van der Waals surface area contributed by atoms with Crippen molar-refractivity contribution in [1.29, 1.82) is 0 Å². The molecular formula is C19H31N5O9. The van der Waals surface area contributed by atoms with Crippen molar-refractivity contribution in [3.63, 3.8) is 0 Å². The Labute approximate surface area is 189 Å². The Hall–Kier alpha value is -3.26. The number of aliphatic hydroxyl groups is 1. The molecule has 1 saturated heterocycles. The van der Waals surface area contributed by atoms with Gasteiger partial charge in [-0.2, -0.15) is 0 Å². The van der Waals surface area contributed by atoms with Gasteiger partial charge in [-0.1, -0.05) is 0 Å². The Balaban J connectivity index is 2.96. The van der Waals surface area contributed by atoms with Crippen molar-refractivity contribution >= 4 is 35.6 Å². The number of carbonyl (C=O) groups excluding carboxylic acids is 4. The molecule has 1 fully saturated rings. The summed E-state index contributed by atoms with van der Waals surface area (Å²) in [6, 6.07) is -5.13. The smallest absolute Gasteiger partial charge is 0.328 e. The Morgan fingerprint density at radius 2 is 1.70 bits per heavy atom. The summed E-state index contributed by atoms with van der Waals surface area (Å²) in [5.74, 6) is -5.65. The van der Waals surface area contributed by atoms with Crippen LogP contribution in [0.1, 0.15) is 45.4 Å². The SMILES string of the molecule is CC(O)C(NC(=O)C1CCCN1C(=O)C(CCC(=O)O)NC(=O)C(N)CCC(N)=O)C(=O)O. The van der Waals surface area contributed by atoms with Gasteiger partial charge in [0.1, 0.15) is 12.1 Å². The van der Waals surface area contributed by atoms with Crippen LogP contribution in [0, 0.1) is 0 Å². The molecule has 14 heteroatoms. The fourth-order valence-electron chi connectivity index (χ4n) is 3.37. The number of aliphatic carboxylic acids is 2. The average Bonchev–Trinajstić information content (AvgIpc) is 3.21. The standard InChI is InChI=1S/C19H31N5O9/c1-9(25)15(19(32)33)23-17(30)12-3-2-8-24(12)18(31)11(5-7-14(27)28)22-16(29)10(20)4-6-13(21)26/h9-12,15,25H,2-8,20H2,1H3,(H2,21,26)(H,22,29)(H,23,30)(H,27,28)(H,32,33). The maximum atomic E-state index is 13.1. The summed E-state index contributed by atoms with van der Waals surface area (Å²) in [5.41, 5.74) is 10.7. The number of carboxylic acids is 2. The van der Waals surface area contributed by atoms with E-state index in [4.69, 9.17) is 21.7 Å². The summed E-state index contributed by atoms with van der Waals surface area (Å²) in [7, 11) is 0. The van der Waals surface area contributed by atoms with Crippen molar-refractivity contribution in [2.75, 3.05) is 6.54 Å². The molecule has 0 aliphatic carbocycles. The zero-order valence-electron chi connectivity index (χ0n) is 18.2. The van der Waals surface area contributed by atoms with E-state index in [0.717, 1.165) is 4.90 Å². The molecule has 0 aromatic carbocycles. The third-order valence-corrected chi connectivity index (χ3v) is 5.18. The second-order valence-corrected chi connectivity index (χ2v) is 7.86. The first-order chi connectivity index (χ1) is 15.3. The summed E-state index contributed by atoms with van der Waals surface area (Å²) < 4.78 is 0. The molecule has 0 radical (unpaired) electrons. The van der Waals surface area contributed by atoms with Crippen LogP contribution >= 0.6 is 0 Å². The number of likely N-dealkylation sites (tertiary alicyclic amines) is 1. The van der Waals surface area contributed by atoms with Crippen molar-refractivity contribution in [1.82, 2.24) is 15.5 Å². The van der Waals surface area contributed by atoms with Gasteiger partial charge in [0.05, 0.1) is 12.1 Å². The van der Waals surface area contributed by atoms with Gasteiger partial charge in [-0.05, 0) is 32.6 Å². The van der Waals surface area contributed by atoms with E-state index in [1.54, 1.807) is 0 Å². The number of nitrogens with zero attached hydrogens (tertiary/aromatic N) is 1. The third-order valence-electron chi connectivity index (χ3n) is 5.18. The number of hydrogen-bond donors (Lipinski definition) is 7. The minimum absolute atomic E-state index is 0.0777. The molecule has 1 aliphatic heterocycles. The van der Waals surface area contributed by atoms with Crippen molar-refractivity contribution in [3.8, 4) is 0 Å². The number of rotatable bonds is 13. The molecule has 4 amide bonds. The highest BCUT2D eigenvalue weighted by molar-refractivity contribution is 5.94. The van der Waals surface area contributed by atoms with Crippen LogP contribution in [0.3, 0.4) is 0 Å². The molecule has 0 spiro atoms. The molecule has 33 heavy (non-hydrogen) atoms. The van der Waals surface area contributed by atoms with E-state index in [1.165, 1.54) is 6.92 Å². The van der Waals surface area contributed by atoms with Crippen molar-refractivity contribution in [2.45, 2.75) is 75.7 Å². The molecule has 186 valence electrons. The number of hydrogen-bond acceptors (Lipinski definition) is 8. The molecule has 1 heterocycles. The minimum atomic E-state index is -1.58. The molecule has 0 bridgehead atoms. The summed E-state index contributed by atoms with van der Waals surface area (Å²) >= 11 is 0. The van der Waals surface area contributed by atoms with Crippen LogP contribution in [-0.4, -0.2) is 92.6 Å². The lowest BCUT2D eigenvalue weighted by molar-refractivity contribution is -0.147. The van der Waals surface area contributed by atoms with E-state index in [-0.39, 0.29) is 32.2 Å². The molecule has 9 N–H and O–H groups in total. The number of primary amides is 1. The molecule has 0 aromatic heterocycles. The molecule has 5 atom stereocenters. The van der Waals surface area contributed by atoms with E-state index in [9.17, 15) is 33.9 Å². The van der Waals surface area contributed by atoms with Gasteiger partial charge < -0.3 is 42.3 Å². The van der Waals surface area contributed by atoms with Crippen LogP contribution in [0.5, 0.6) is 0 Å². The number of amides is 4. The normalized spacial score (nSPS) is 19.1. The topological polar surface area (TPSA) is 242 Å². The van der Waals surface area contributed by atoms with Crippen molar-refractivity contribution in [3.05, 3.63) is 0 Å². The summed E-state index contributed by atoms with van der Waals surface area (Å²) in [6.07, 6.45) is -1.74. The highest BCUT2D eigenvalue weighted by Gasteiger charge is 2.39. The van der Waals surface area contributed by atoms with E-state index in [0.29, 0.717) is 6.42 Å². The predicted molar refractivity (Wildman–Crippen MR) is 111 cm³/mol. The second kappa shape index (κ2) is 12.7. The van der Waals surface area contributed by atoms with Gasteiger partial charge in [-0.25, -0.2) is 4.79 Å². The summed E-state index contributed by atoms with van der Waals surface area (Å²) in [4.78, 5) is 72.4. The van der Waals surface area contributed by atoms with E-state index in [2.05, 4.69) is 10.6 Å². The van der Waals surface area contributed by atoms with Crippen LogP contribution in [0.15, 0.2) is 0 Å². The van der Waals surface area contributed by atoms with Crippen molar-refractivity contribution in [2.24, 2.45) is 11.5 Å². The van der Waals surface area contributed by atoms with Crippen molar-refractivity contribution < 1.29 is 44.1 Å². The Bertz CT molecular complexity index is 773. The zero-order valence-corrected chi connectivity index (χ0v) is 18.2. The van der Waals surface area contributed by atoms with Gasteiger partial charge in [-0.15, -0.1) is 0 Å². The minimum Gasteiger partial charge on any atom is -0.481 e. The quantitative estimate of drug-likeness (QED) is 0.142. The van der Waals surface area contributed by atoms with E-state index < -0.39 is 72.3 Å². The first kappa shape index (κ1) is 27.8. The lowest BCUT2D eigenvalue weighted by Gasteiger charge is -2.30. The van der Waals surface area contributed by atoms with Gasteiger partial charge >= 0.3 is 11.9 Å². The van der Waals surface area contributed by atoms with Gasteiger partial charge in [0, 0.05) is 19.4 Å². The second-order valence-electron chi connectivity index (χ2n) is 7.86. The monoisotopic (exact) mass is 473 g/mol. The fraction of sp³-hybridized carbons (Fsp3) is 0.684. The number of carbonyl (C=O) groups is 6. The van der Waals surface area contributed by atoms with Gasteiger partial charge in [0.25, 0.3) is 0 Å². The lowest BCUT2D eigenvalue weighted by atomic mass is 10.1.